The van der Waals surface area contributed by atoms with Gasteiger partial charge in [0.1, 0.15) is 5.60 Å². The fourth-order valence-corrected chi connectivity index (χ4v) is 2.02. The first-order valence-corrected chi connectivity index (χ1v) is 7.43. The molecule has 1 amide bonds. The van der Waals surface area contributed by atoms with Gasteiger partial charge in [0, 0.05) is 5.33 Å². The van der Waals surface area contributed by atoms with Crippen molar-refractivity contribution in [3.8, 4) is 0 Å². The predicted molar refractivity (Wildman–Crippen MR) is 81.5 cm³/mol. The first-order valence-electron chi connectivity index (χ1n) is 6.30. The van der Waals surface area contributed by atoms with Gasteiger partial charge in [0.2, 0.25) is 0 Å². The Morgan fingerprint density at radius 2 is 1.68 bits per heavy atom. The van der Waals surface area contributed by atoms with Gasteiger partial charge >= 0.3 is 6.09 Å². The smallest absolute Gasteiger partial charge is 0.408 e. The highest BCUT2D eigenvalue weighted by Crippen LogP contribution is 2.22. The fourth-order valence-electron chi connectivity index (χ4n) is 1.64. The molecule has 0 spiro atoms. The summed E-state index contributed by atoms with van der Waals surface area (Å²) >= 11 is 3.42. The average Bonchev–Trinajstić information content (AvgIpc) is 2.25. The summed E-state index contributed by atoms with van der Waals surface area (Å²) in [6.07, 6.45) is -0.401. The van der Waals surface area contributed by atoms with Gasteiger partial charge in [0.25, 0.3) is 0 Å². The van der Waals surface area contributed by atoms with Crippen molar-refractivity contribution >= 4 is 22.0 Å². The zero-order valence-corrected chi connectivity index (χ0v) is 13.8. The van der Waals surface area contributed by atoms with E-state index in [1.54, 1.807) is 0 Å². The summed E-state index contributed by atoms with van der Waals surface area (Å²) in [5.41, 5.74) is 1.30. The Labute approximate surface area is 123 Å². The van der Waals surface area contributed by atoms with Crippen molar-refractivity contribution in [1.82, 2.24) is 5.32 Å². The molecule has 0 atom stereocenters. The molecule has 0 saturated carbocycles. The molecule has 0 heterocycles. The van der Waals surface area contributed by atoms with Crippen LogP contribution in [0.3, 0.4) is 0 Å². The van der Waals surface area contributed by atoms with E-state index in [0.717, 1.165) is 10.9 Å². The van der Waals surface area contributed by atoms with Crippen molar-refractivity contribution in [2.24, 2.45) is 0 Å². The monoisotopic (exact) mass is 327 g/mol. The van der Waals surface area contributed by atoms with Crippen LogP contribution in [-0.4, -0.2) is 11.7 Å². The lowest BCUT2D eigenvalue weighted by Gasteiger charge is -2.29. The van der Waals surface area contributed by atoms with Crippen LogP contribution in [0.4, 0.5) is 4.79 Å². The Balaban J connectivity index is 2.76. The van der Waals surface area contributed by atoms with E-state index >= 15 is 0 Å². The van der Waals surface area contributed by atoms with Gasteiger partial charge < -0.3 is 10.1 Å². The number of nitrogens with one attached hydrogen (secondary N) is 1. The van der Waals surface area contributed by atoms with Gasteiger partial charge in [-0.3, -0.25) is 0 Å². The third-order valence-corrected chi connectivity index (χ3v) is 3.29. The van der Waals surface area contributed by atoms with Crippen LogP contribution >= 0.6 is 15.9 Å². The quantitative estimate of drug-likeness (QED) is 0.838. The molecule has 0 radical (unpaired) electrons. The lowest BCUT2D eigenvalue weighted by atomic mass is 9.94. The van der Waals surface area contributed by atoms with E-state index in [1.165, 1.54) is 5.56 Å². The molecule has 0 fully saturated rings. The molecule has 1 aromatic rings. The average molecular weight is 328 g/mol. The Bertz CT molecular complexity index is 432. The van der Waals surface area contributed by atoms with E-state index in [2.05, 4.69) is 21.2 Å². The summed E-state index contributed by atoms with van der Waals surface area (Å²) in [6.45, 7) is 9.47. The molecule has 0 aliphatic rings. The van der Waals surface area contributed by atoms with E-state index < -0.39 is 17.2 Å². The second-order valence-corrected chi connectivity index (χ2v) is 6.64. The summed E-state index contributed by atoms with van der Waals surface area (Å²) in [5.74, 6) is 0. The maximum Gasteiger partial charge on any atom is 0.408 e. The minimum absolute atomic E-state index is 0.401. The number of hydrogen-bond acceptors (Lipinski definition) is 2. The Kier molecular flexibility index (Phi) is 5.02. The summed E-state index contributed by atoms with van der Waals surface area (Å²) in [7, 11) is 0. The minimum Gasteiger partial charge on any atom is -0.444 e. The molecule has 19 heavy (non-hydrogen) atoms. The summed E-state index contributed by atoms with van der Waals surface area (Å²) in [4.78, 5) is 11.8. The molecule has 4 heteroatoms. The number of benzene rings is 1. The Hall–Kier alpha value is -1.03. The van der Waals surface area contributed by atoms with Gasteiger partial charge in [-0.15, -0.1) is 0 Å². The number of halogens is 1. The standard InChI is InChI=1S/C15H22BrNO2/c1-14(2,3)19-13(18)17-15(4,5)12-8-6-11(10-16)7-9-12/h6-9H,10H2,1-5H3,(H,17,18). The van der Waals surface area contributed by atoms with Crippen molar-refractivity contribution in [1.29, 1.82) is 0 Å². The molecule has 0 bridgehead atoms. The van der Waals surface area contributed by atoms with Crippen LogP contribution in [0.15, 0.2) is 24.3 Å². The minimum atomic E-state index is -0.486. The molecule has 1 N–H and O–H groups in total. The third-order valence-electron chi connectivity index (χ3n) is 2.64. The second-order valence-electron chi connectivity index (χ2n) is 6.08. The van der Waals surface area contributed by atoms with Crippen LogP contribution in [0.25, 0.3) is 0 Å². The predicted octanol–water partition coefficient (Wildman–Crippen LogP) is 4.34. The molecule has 1 aromatic carbocycles. The number of alkyl halides is 1. The van der Waals surface area contributed by atoms with Gasteiger partial charge in [-0.1, -0.05) is 40.2 Å². The topological polar surface area (TPSA) is 38.3 Å². The lowest BCUT2D eigenvalue weighted by molar-refractivity contribution is 0.0470. The first-order chi connectivity index (χ1) is 8.64. The zero-order valence-electron chi connectivity index (χ0n) is 12.2. The van der Waals surface area contributed by atoms with Crippen LogP contribution < -0.4 is 5.32 Å². The number of ether oxygens (including phenoxy) is 1. The number of carbonyl (C=O) groups is 1. The third kappa shape index (κ3) is 5.23. The molecule has 0 aliphatic heterocycles. The van der Waals surface area contributed by atoms with Gasteiger partial charge in [-0.05, 0) is 45.7 Å². The Morgan fingerprint density at radius 3 is 2.11 bits per heavy atom. The second kappa shape index (κ2) is 5.95. The number of hydrogen-bond donors (Lipinski definition) is 1. The van der Waals surface area contributed by atoms with Crippen molar-refractivity contribution in [3.05, 3.63) is 35.4 Å². The van der Waals surface area contributed by atoms with Crippen molar-refractivity contribution in [2.75, 3.05) is 0 Å². The van der Waals surface area contributed by atoms with Gasteiger partial charge in [-0.2, -0.15) is 0 Å². The highest BCUT2D eigenvalue weighted by atomic mass is 79.9. The lowest BCUT2D eigenvalue weighted by Crippen LogP contribution is -2.43. The molecule has 0 saturated heterocycles. The molecule has 0 unspecified atom stereocenters. The van der Waals surface area contributed by atoms with E-state index in [4.69, 9.17) is 4.74 Å². The molecule has 3 nitrogen and oxygen atoms in total. The number of amides is 1. The van der Waals surface area contributed by atoms with E-state index in [0.29, 0.717) is 0 Å². The molecule has 0 aromatic heterocycles. The molecule has 0 aliphatic carbocycles. The van der Waals surface area contributed by atoms with E-state index in [-0.39, 0.29) is 0 Å². The Morgan fingerprint density at radius 1 is 1.16 bits per heavy atom. The van der Waals surface area contributed by atoms with Gasteiger partial charge in [-0.25, -0.2) is 4.79 Å². The zero-order chi connectivity index (χ0) is 14.7. The number of carbonyl (C=O) groups excluding carboxylic acids is 1. The van der Waals surface area contributed by atoms with Crippen molar-refractivity contribution in [3.63, 3.8) is 0 Å². The molecule has 106 valence electrons. The normalized spacial score (nSPS) is 12.1. The summed E-state index contributed by atoms with van der Waals surface area (Å²) in [5, 5.41) is 3.72. The SMILES string of the molecule is CC(C)(C)OC(=O)NC(C)(C)c1ccc(CBr)cc1. The molecular weight excluding hydrogens is 306 g/mol. The highest BCUT2D eigenvalue weighted by Gasteiger charge is 2.26. The van der Waals surface area contributed by atoms with E-state index in [9.17, 15) is 4.79 Å². The van der Waals surface area contributed by atoms with Crippen molar-refractivity contribution < 1.29 is 9.53 Å². The van der Waals surface area contributed by atoms with Gasteiger partial charge in [0.15, 0.2) is 0 Å². The summed E-state index contributed by atoms with van der Waals surface area (Å²) in [6, 6.07) is 8.13. The first kappa shape index (κ1) is 16.0. The molecular formula is C15H22BrNO2. The maximum atomic E-state index is 11.8. The maximum absolute atomic E-state index is 11.8. The van der Waals surface area contributed by atoms with E-state index in [1.807, 2.05) is 58.9 Å². The van der Waals surface area contributed by atoms with Gasteiger partial charge in [0.05, 0.1) is 5.54 Å². The summed E-state index contributed by atoms with van der Waals surface area (Å²) < 4.78 is 5.28. The van der Waals surface area contributed by atoms with Crippen LogP contribution in [0.5, 0.6) is 0 Å². The number of rotatable bonds is 3. The largest absolute Gasteiger partial charge is 0.444 e. The van der Waals surface area contributed by atoms with Crippen LogP contribution in [0, 0.1) is 0 Å². The van der Waals surface area contributed by atoms with Crippen LogP contribution in [0.1, 0.15) is 45.7 Å². The number of alkyl carbamates (subject to hydrolysis) is 1. The van der Waals surface area contributed by atoms with Crippen LogP contribution in [0.2, 0.25) is 0 Å². The fraction of sp³-hybridized carbons (Fsp3) is 0.533. The van der Waals surface area contributed by atoms with Crippen molar-refractivity contribution in [2.45, 2.75) is 51.1 Å². The molecule has 1 rings (SSSR count). The van der Waals surface area contributed by atoms with Crippen LogP contribution in [-0.2, 0) is 15.6 Å². The highest BCUT2D eigenvalue weighted by molar-refractivity contribution is 9.08.